The molecule has 106 valence electrons. The number of benzene rings is 1. The molecule has 1 saturated heterocycles. The number of furan rings is 1. The Balaban J connectivity index is 1.85. The number of nitrogens with zero attached hydrogens (tertiary/aromatic N) is 1. The van der Waals surface area contributed by atoms with Gasteiger partial charge in [0.2, 0.25) is 0 Å². The normalized spacial score (nSPS) is 16.1. The number of urea groups is 1. The van der Waals surface area contributed by atoms with E-state index in [2.05, 4.69) is 5.32 Å². The van der Waals surface area contributed by atoms with Crippen LogP contribution in [0.25, 0.3) is 11.0 Å². The van der Waals surface area contributed by atoms with Crippen molar-refractivity contribution in [2.45, 2.75) is 26.3 Å². The Morgan fingerprint density at radius 2 is 2.20 bits per heavy atom. The van der Waals surface area contributed by atoms with Crippen molar-refractivity contribution in [1.82, 2.24) is 10.2 Å². The zero-order valence-corrected chi connectivity index (χ0v) is 11.6. The van der Waals surface area contributed by atoms with Crippen LogP contribution in [-0.4, -0.2) is 24.0 Å². The number of hydrogen-bond acceptors (Lipinski definition) is 2. The summed E-state index contributed by atoms with van der Waals surface area (Å²) in [4.78, 5) is 13.7. The Morgan fingerprint density at radius 1 is 1.45 bits per heavy atom. The lowest BCUT2D eigenvalue weighted by Crippen LogP contribution is -2.48. The van der Waals surface area contributed by atoms with E-state index in [-0.39, 0.29) is 17.9 Å². The molecule has 5 heteroatoms. The zero-order valence-electron chi connectivity index (χ0n) is 11.6. The molecule has 4 nitrogen and oxygen atoms in total. The Bertz CT molecular complexity index is 661. The number of aryl methyl sites for hydroxylation is 1. The molecular weight excluding hydrogens is 259 g/mol. The number of fused-ring (bicyclic) bond motifs is 1. The second-order valence-electron chi connectivity index (χ2n) is 5.24. The molecule has 0 saturated carbocycles. The largest absolute Gasteiger partial charge is 0.459 e. The van der Waals surface area contributed by atoms with Gasteiger partial charge in [0.05, 0.1) is 6.04 Å². The number of amides is 2. The summed E-state index contributed by atoms with van der Waals surface area (Å²) in [5, 5.41) is 3.67. The summed E-state index contributed by atoms with van der Waals surface area (Å²) in [5.41, 5.74) is 1.51. The molecule has 0 spiro atoms. The van der Waals surface area contributed by atoms with Crippen LogP contribution in [0.3, 0.4) is 0 Å². The summed E-state index contributed by atoms with van der Waals surface area (Å²) in [6.07, 6.45) is 1.06. The van der Waals surface area contributed by atoms with Gasteiger partial charge in [-0.3, -0.25) is 0 Å². The predicted octanol–water partition coefficient (Wildman–Crippen LogP) is 3.36. The number of likely N-dealkylation sites (tertiary alicyclic amines) is 1. The molecule has 1 N–H and O–H groups in total. The van der Waals surface area contributed by atoms with Crippen LogP contribution in [0, 0.1) is 12.7 Å². The van der Waals surface area contributed by atoms with Gasteiger partial charge in [-0.25, -0.2) is 9.18 Å². The molecule has 2 heterocycles. The first kappa shape index (κ1) is 13.0. The monoisotopic (exact) mass is 276 g/mol. The van der Waals surface area contributed by atoms with Gasteiger partial charge in [-0.2, -0.15) is 0 Å². The van der Waals surface area contributed by atoms with Gasteiger partial charge in [0.25, 0.3) is 0 Å². The van der Waals surface area contributed by atoms with E-state index in [0.717, 1.165) is 30.5 Å². The highest BCUT2D eigenvalue weighted by Gasteiger charge is 2.24. The summed E-state index contributed by atoms with van der Waals surface area (Å²) >= 11 is 0. The summed E-state index contributed by atoms with van der Waals surface area (Å²) in [6.45, 7) is 5.37. The van der Waals surface area contributed by atoms with E-state index in [1.165, 1.54) is 12.1 Å². The summed E-state index contributed by atoms with van der Waals surface area (Å²) in [6, 6.07) is 4.14. The minimum absolute atomic E-state index is 0.0743. The van der Waals surface area contributed by atoms with Crippen molar-refractivity contribution in [3.05, 3.63) is 35.3 Å². The summed E-state index contributed by atoms with van der Waals surface area (Å²) < 4.78 is 19.0. The van der Waals surface area contributed by atoms with Crippen molar-refractivity contribution < 1.29 is 13.6 Å². The molecule has 1 aromatic heterocycles. The van der Waals surface area contributed by atoms with Gasteiger partial charge in [0.1, 0.15) is 17.2 Å². The lowest BCUT2D eigenvalue weighted by Gasteiger charge is -2.31. The van der Waals surface area contributed by atoms with Crippen LogP contribution in [0.5, 0.6) is 0 Å². The first-order valence-electron chi connectivity index (χ1n) is 6.80. The molecule has 1 fully saturated rings. The molecule has 2 amide bonds. The Hall–Kier alpha value is -2.04. The number of nitrogens with one attached hydrogen (secondary N) is 1. The number of carbonyl (C=O) groups excluding carboxylic acids is 1. The van der Waals surface area contributed by atoms with Gasteiger partial charge < -0.3 is 14.6 Å². The molecule has 1 aliphatic rings. The van der Waals surface area contributed by atoms with Gasteiger partial charge in [-0.05, 0) is 38.5 Å². The van der Waals surface area contributed by atoms with Crippen molar-refractivity contribution >= 4 is 17.0 Å². The molecule has 3 rings (SSSR count). The van der Waals surface area contributed by atoms with Crippen molar-refractivity contribution in [2.24, 2.45) is 0 Å². The van der Waals surface area contributed by atoms with E-state index in [0.29, 0.717) is 11.3 Å². The first-order valence-corrected chi connectivity index (χ1v) is 6.80. The maximum Gasteiger partial charge on any atom is 0.317 e. The van der Waals surface area contributed by atoms with Crippen LogP contribution in [0.1, 0.15) is 30.7 Å². The molecule has 1 atom stereocenters. The Morgan fingerprint density at radius 3 is 2.85 bits per heavy atom. The van der Waals surface area contributed by atoms with Crippen LogP contribution >= 0.6 is 0 Å². The third kappa shape index (κ3) is 2.13. The highest BCUT2D eigenvalue weighted by molar-refractivity contribution is 5.82. The number of halogens is 1. The fraction of sp³-hybridized carbons (Fsp3) is 0.400. The van der Waals surface area contributed by atoms with Crippen molar-refractivity contribution in [3.8, 4) is 0 Å². The van der Waals surface area contributed by atoms with E-state index in [4.69, 9.17) is 4.42 Å². The Kier molecular flexibility index (Phi) is 3.12. The third-order valence-corrected chi connectivity index (χ3v) is 3.81. The standard InChI is InChI=1S/C15H17FN2O2/c1-9-12-8-11(16)4-5-13(12)20-14(9)10(2)17-15(19)18-6-3-7-18/h4-5,8,10H,3,6-7H2,1-2H3,(H,17,19). The smallest absolute Gasteiger partial charge is 0.317 e. The van der Waals surface area contributed by atoms with Crippen molar-refractivity contribution in [1.29, 1.82) is 0 Å². The van der Waals surface area contributed by atoms with Gasteiger partial charge in [0, 0.05) is 24.0 Å². The first-order chi connectivity index (χ1) is 9.56. The van der Waals surface area contributed by atoms with Gasteiger partial charge in [-0.15, -0.1) is 0 Å². The number of carbonyl (C=O) groups is 1. The van der Waals surface area contributed by atoms with Crippen LogP contribution in [-0.2, 0) is 0 Å². The maximum absolute atomic E-state index is 13.3. The molecule has 2 aromatic rings. The van der Waals surface area contributed by atoms with Crippen LogP contribution in [0.4, 0.5) is 9.18 Å². The molecule has 1 unspecified atom stereocenters. The predicted molar refractivity (Wildman–Crippen MR) is 74.0 cm³/mol. The fourth-order valence-electron chi connectivity index (χ4n) is 2.49. The number of hydrogen-bond donors (Lipinski definition) is 1. The van der Waals surface area contributed by atoms with E-state index >= 15 is 0 Å². The highest BCUT2D eigenvalue weighted by Crippen LogP contribution is 2.30. The van der Waals surface area contributed by atoms with Gasteiger partial charge in [-0.1, -0.05) is 0 Å². The van der Waals surface area contributed by atoms with Gasteiger partial charge in [0.15, 0.2) is 0 Å². The second-order valence-corrected chi connectivity index (χ2v) is 5.24. The van der Waals surface area contributed by atoms with Crippen LogP contribution in [0.2, 0.25) is 0 Å². The fourth-order valence-corrected chi connectivity index (χ4v) is 2.49. The average molecular weight is 276 g/mol. The van der Waals surface area contributed by atoms with E-state index in [1.54, 1.807) is 11.0 Å². The Labute approximate surface area is 116 Å². The lowest BCUT2D eigenvalue weighted by atomic mass is 10.1. The zero-order chi connectivity index (χ0) is 14.3. The average Bonchev–Trinajstić information content (AvgIpc) is 2.64. The molecule has 20 heavy (non-hydrogen) atoms. The quantitative estimate of drug-likeness (QED) is 0.914. The SMILES string of the molecule is Cc1c(C(C)NC(=O)N2CCC2)oc2ccc(F)cc12. The van der Waals surface area contributed by atoms with Crippen LogP contribution < -0.4 is 5.32 Å². The molecule has 0 aliphatic carbocycles. The van der Waals surface area contributed by atoms with Crippen LogP contribution in [0.15, 0.2) is 22.6 Å². The lowest BCUT2D eigenvalue weighted by molar-refractivity contribution is 0.163. The minimum Gasteiger partial charge on any atom is -0.459 e. The topological polar surface area (TPSA) is 45.5 Å². The maximum atomic E-state index is 13.3. The summed E-state index contributed by atoms with van der Waals surface area (Å²) in [7, 11) is 0. The molecular formula is C15H17FN2O2. The molecule has 1 aliphatic heterocycles. The minimum atomic E-state index is -0.287. The van der Waals surface area contributed by atoms with Crippen molar-refractivity contribution in [3.63, 3.8) is 0 Å². The molecule has 0 radical (unpaired) electrons. The summed E-state index contributed by atoms with van der Waals surface area (Å²) in [5.74, 6) is 0.393. The number of rotatable bonds is 2. The molecule has 0 bridgehead atoms. The molecule has 1 aromatic carbocycles. The second kappa shape index (κ2) is 4.81. The van der Waals surface area contributed by atoms with E-state index in [9.17, 15) is 9.18 Å². The van der Waals surface area contributed by atoms with Gasteiger partial charge >= 0.3 is 6.03 Å². The van der Waals surface area contributed by atoms with E-state index < -0.39 is 0 Å². The van der Waals surface area contributed by atoms with Crippen molar-refractivity contribution in [2.75, 3.05) is 13.1 Å². The highest BCUT2D eigenvalue weighted by atomic mass is 19.1. The third-order valence-electron chi connectivity index (χ3n) is 3.81. The van der Waals surface area contributed by atoms with E-state index in [1.807, 2.05) is 13.8 Å².